The van der Waals surface area contributed by atoms with Gasteiger partial charge in [0, 0.05) is 41.1 Å². The van der Waals surface area contributed by atoms with E-state index in [1.54, 1.807) is 30.0 Å². The molecule has 0 aromatic heterocycles. The summed E-state index contributed by atoms with van der Waals surface area (Å²) in [5.74, 6) is 1.52. The zero-order valence-electron chi connectivity index (χ0n) is 16.5. The molecular formula is C22H24Cl3FN2OS. The molecule has 30 heavy (non-hydrogen) atoms. The van der Waals surface area contributed by atoms with Crippen LogP contribution in [0.3, 0.4) is 0 Å². The summed E-state index contributed by atoms with van der Waals surface area (Å²) in [6.07, 6.45) is 1.58. The molecule has 3 nitrogen and oxygen atoms in total. The first-order chi connectivity index (χ1) is 14.4. The summed E-state index contributed by atoms with van der Waals surface area (Å²) < 4.78 is 14.0. The van der Waals surface area contributed by atoms with Crippen LogP contribution in [0.15, 0.2) is 36.4 Å². The van der Waals surface area contributed by atoms with Crippen LogP contribution in [0.4, 0.5) is 4.39 Å². The van der Waals surface area contributed by atoms with Crippen LogP contribution in [0, 0.1) is 11.7 Å². The third-order valence-corrected chi connectivity index (χ3v) is 7.17. The lowest BCUT2D eigenvalue weighted by atomic mass is 9.95. The maximum atomic E-state index is 14.0. The van der Waals surface area contributed by atoms with E-state index in [-0.39, 0.29) is 17.6 Å². The van der Waals surface area contributed by atoms with Crippen molar-refractivity contribution in [1.82, 2.24) is 10.2 Å². The second-order valence-corrected chi connectivity index (χ2v) is 9.73. The molecule has 0 spiro atoms. The number of hydrogen-bond donors (Lipinski definition) is 1. The van der Waals surface area contributed by atoms with Crippen molar-refractivity contribution in [2.45, 2.75) is 25.1 Å². The monoisotopic (exact) mass is 488 g/mol. The zero-order chi connectivity index (χ0) is 21.5. The highest BCUT2D eigenvalue weighted by Gasteiger charge is 2.25. The minimum atomic E-state index is -0.277. The predicted molar refractivity (Wildman–Crippen MR) is 125 cm³/mol. The van der Waals surface area contributed by atoms with Crippen LogP contribution in [0.1, 0.15) is 24.0 Å². The molecule has 0 bridgehead atoms. The highest BCUT2D eigenvalue weighted by molar-refractivity contribution is 7.98. The Morgan fingerprint density at radius 1 is 1.10 bits per heavy atom. The van der Waals surface area contributed by atoms with Gasteiger partial charge in [0.15, 0.2) is 0 Å². The molecule has 8 heteroatoms. The zero-order valence-corrected chi connectivity index (χ0v) is 19.6. The van der Waals surface area contributed by atoms with Crippen molar-refractivity contribution in [2.75, 3.05) is 25.4 Å². The van der Waals surface area contributed by atoms with E-state index >= 15 is 0 Å². The van der Waals surface area contributed by atoms with Crippen LogP contribution in [-0.2, 0) is 17.1 Å². The van der Waals surface area contributed by atoms with E-state index in [4.69, 9.17) is 34.8 Å². The number of thioether (sulfide) groups is 1. The first-order valence-corrected chi connectivity index (χ1v) is 12.2. The van der Waals surface area contributed by atoms with Gasteiger partial charge in [0.2, 0.25) is 5.91 Å². The van der Waals surface area contributed by atoms with Crippen LogP contribution in [0.25, 0.3) is 0 Å². The first kappa shape index (κ1) is 23.7. The molecule has 3 rings (SSSR count). The molecule has 1 heterocycles. The third-order valence-electron chi connectivity index (χ3n) is 5.17. The molecule has 0 saturated carbocycles. The van der Waals surface area contributed by atoms with Gasteiger partial charge in [-0.2, -0.15) is 11.8 Å². The summed E-state index contributed by atoms with van der Waals surface area (Å²) in [4.78, 5) is 14.6. The van der Waals surface area contributed by atoms with E-state index < -0.39 is 0 Å². The van der Waals surface area contributed by atoms with Gasteiger partial charge in [0.05, 0.1) is 10.0 Å². The molecule has 1 aliphatic heterocycles. The summed E-state index contributed by atoms with van der Waals surface area (Å²) in [7, 11) is 0. The highest BCUT2D eigenvalue weighted by atomic mass is 35.5. The van der Waals surface area contributed by atoms with E-state index in [9.17, 15) is 9.18 Å². The van der Waals surface area contributed by atoms with Gasteiger partial charge in [-0.25, -0.2) is 4.39 Å². The minimum absolute atomic E-state index is 0.0244. The van der Waals surface area contributed by atoms with Gasteiger partial charge in [0.1, 0.15) is 5.82 Å². The van der Waals surface area contributed by atoms with Crippen molar-refractivity contribution in [1.29, 1.82) is 0 Å². The summed E-state index contributed by atoms with van der Waals surface area (Å²) in [5, 5.41) is 4.56. The number of benzene rings is 2. The molecule has 162 valence electrons. The van der Waals surface area contributed by atoms with Crippen LogP contribution in [0.2, 0.25) is 15.1 Å². The Bertz CT molecular complexity index is 875. The van der Waals surface area contributed by atoms with Gasteiger partial charge < -0.3 is 5.32 Å². The van der Waals surface area contributed by atoms with E-state index in [0.717, 1.165) is 43.0 Å². The fraction of sp³-hybridized carbons (Fsp3) is 0.409. The largest absolute Gasteiger partial charge is 0.355 e. The van der Waals surface area contributed by atoms with Crippen LogP contribution in [0.5, 0.6) is 0 Å². The first-order valence-electron chi connectivity index (χ1n) is 9.88. The molecule has 0 atom stereocenters. The van der Waals surface area contributed by atoms with Gasteiger partial charge >= 0.3 is 0 Å². The Balaban J connectivity index is 1.32. The van der Waals surface area contributed by atoms with Crippen LogP contribution in [-0.4, -0.2) is 36.2 Å². The number of carbonyl (C=O) groups is 1. The fourth-order valence-electron chi connectivity index (χ4n) is 3.45. The second kappa shape index (κ2) is 11.6. The Morgan fingerprint density at radius 3 is 2.57 bits per heavy atom. The normalized spacial score (nSPS) is 15.3. The van der Waals surface area contributed by atoms with Gasteiger partial charge in [-0.15, -0.1) is 0 Å². The molecule has 0 unspecified atom stereocenters. The van der Waals surface area contributed by atoms with Gasteiger partial charge in [-0.05, 0) is 55.8 Å². The number of carbonyl (C=O) groups excluding carboxylic acids is 1. The number of amides is 1. The fourth-order valence-corrected chi connectivity index (χ4v) is 4.74. The number of piperidine rings is 1. The summed E-state index contributed by atoms with van der Waals surface area (Å²) in [6, 6.07) is 10.4. The lowest BCUT2D eigenvalue weighted by Crippen LogP contribution is -2.40. The summed E-state index contributed by atoms with van der Waals surface area (Å²) in [5.41, 5.74) is 1.76. The van der Waals surface area contributed by atoms with Crippen LogP contribution < -0.4 is 5.32 Å². The molecule has 1 fully saturated rings. The van der Waals surface area contributed by atoms with Crippen molar-refractivity contribution in [2.24, 2.45) is 5.92 Å². The van der Waals surface area contributed by atoms with E-state index in [2.05, 4.69) is 10.2 Å². The molecule has 1 aliphatic rings. The second-order valence-electron chi connectivity index (χ2n) is 7.38. The number of nitrogens with zero attached hydrogens (tertiary/aromatic N) is 1. The summed E-state index contributed by atoms with van der Waals surface area (Å²) in [6.45, 7) is 2.75. The lowest BCUT2D eigenvalue weighted by molar-refractivity contribution is -0.126. The topological polar surface area (TPSA) is 32.3 Å². The van der Waals surface area contributed by atoms with Crippen molar-refractivity contribution >= 4 is 52.5 Å². The maximum Gasteiger partial charge on any atom is 0.223 e. The smallest absolute Gasteiger partial charge is 0.223 e. The number of hydrogen-bond acceptors (Lipinski definition) is 3. The van der Waals surface area contributed by atoms with Crippen molar-refractivity contribution in [3.8, 4) is 0 Å². The Morgan fingerprint density at radius 2 is 1.87 bits per heavy atom. The quantitative estimate of drug-likeness (QED) is 0.458. The van der Waals surface area contributed by atoms with Gasteiger partial charge in [-0.1, -0.05) is 46.9 Å². The molecule has 2 aromatic carbocycles. The van der Waals surface area contributed by atoms with Crippen molar-refractivity contribution < 1.29 is 9.18 Å². The Labute approximate surface area is 196 Å². The molecule has 0 radical (unpaired) electrons. The molecule has 1 amide bonds. The van der Waals surface area contributed by atoms with E-state index in [0.29, 0.717) is 33.7 Å². The average molecular weight is 490 g/mol. The Kier molecular flexibility index (Phi) is 9.14. The molecule has 1 saturated heterocycles. The molecule has 1 N–H and O–H groups in total. The van der Waals surface area contributed by atoms with Crippen LogP contribution >= 0.6 is 46.6 Å². The molecular weight excluding hydrogens is 466 g/mol. The predicted octanol–water partition coefficient (Wildman–Crippen LogP) is 6.05. The molecule has 2 aromatic rings. The number of halogens is 4. The summed E-state index contributed by atoms with van der Waals surface area (Å²) >= 11 is 19.5. The minimum Gasteiger partial charge on any atom is -0.355 e. The Hall–Kier alpha value is -0.980. The number of rotatable bonds is 8. The standard InChI is InChI=1S/C22H24Cl3FN2OS/c23-18-3-2-17(21(26)12-18)13-28-8-5-16(6-9-28)22(29)27-7-10-30-14-15-1-4-19(24)20(25)11-15/h1-4,11-12,16H,5-10,13-14H2,(H,27,29). The van der Waals surface area contributed by atoms with E-state index in [1.807, 2.05) is 12.1 Å². The van der Waals surface area contributed by atoms with Gasteiger partial charge in [0.25, 0.3) is 0 Å². The number of nitrogens with one attached hydrogen (secondary N) is 1. The van der Waals surface area contributed by atoms with Crippen molar-refractivity contribution in [3.05, 3.63) is 68.4 Å². The molecule has 0 aliphatic carbocycles. The highest BCUT2D eigenvalue weighted by Crippen LogP contribution is 2.25. The SMILES string of the molecule is O=C(NCCSCc1ccc(Cl)c(Cl)c1)C1CCN(Cc2ccc(Cl)cc2F)CC1. The number of likely N-dealkylation sites (tertiary alicyclic amines) is 1. The maximum absolute atomic E-state index is 14.0. The van der Waals surface area contributed by atoms with Crippen molar-refractivity contribution in [3.63, 3.8) is 0 Å². The van der Waals surface area contributed by atoms with E-state index in [1.165, 1.54) is 6.07 Å². The lowest BCUT2D eigenvalue weighted by Gasteiger charge is -2.31. The van der Waals surface area contributed by atoms with Gasteiger partial charge in [-0.3, -0.25) is 9.69 Å². The average Bonchev–Trinajstić information content (AvgIpc) is 2.73. The third kappa shape index (κ3) is 7.03.